The van der Waals surface area contributed by atoms with Crippen molar-refractivity contribution in [1.29, 1.82) is 0 Å². The van der Waals surface area contributed by atoms with Crippen molar-refractivity contribution in [3.05, 3.63) is 59.9 Å². The van der Waals surface area contributed by atoms with Crippen molar-refractivity contribution in [3.8, 4) is 17.7 Å². The molecule has 1 aliphatic heterocycles. The largest absolute Gasteiger partial charge is 1.00 e. The highest BCUT2D eigenvalue weighted by molar-refractivity contribution is 6.25. The standard InChI is InChI=1S/C34H46N4O4.2BrH/c1-34(2,25-36-32(39)28-17-13-15-27-16-14-18-29(31(27)28)33(36)40)26-38(5,6)22-10-8-7-9-20-37(3,4)21-11-12-23-41-30-19-24-42-35-30;;/h13-19,24H,7-10,20-23,25-26H2,1-6H3;2*1H/q+2;;/p-2. The van der Waals surface area contributed by atoms with Crippen molar-refractivity contribution in [1.82, 2.24) is 10.1 Å². The highest BCUT2D eigenvalue weighted by atomic mass is 79.9. The molecule has 10 heteroatoms. The molecule has 0 unspecified atom stereocenters. The summed E-state index contributed by atoms with van der Waals surface area (Å²) in [7, 11) is 8.93. The van der Waals surface area contributed by atoms with Gasteiger partial charge in [0, 0.05) is 34.5 Å². The number of rotatable bonds is 14. The van der Waals surface area contributed by atoms with E-state index in [1.165, 1.54) is 24.0 Å². The number of ether oxygens (including phenoxy) is 1. The fourth-order valence-electron chi connectivity index (χ4n) is 6.16. The molecule has 0 saturated heterocycles. The van der Waals surface area contributed by atoms with Gasteiger partial charge in [-0.25, -0.2) is 0 Å². The summed E-state index contributed by atoms with van der Waals surface area (Å²) in [5.74, 6) is 6.36. The van der Waals surface area contributed by atoms with Crippen molar-refractivity contribution in [2.75, 3.05) is 67.5 Å². The van der Waals surface area contributed by atoms with Crippen LogP contribution in [0, 0.1) is 17.3 Å². The third kappa shape index (κ3) is 10.2. The maximum Gasteiger partial charge on any atom is 0.261 e. The first-order valence-corrected chi connectivity index (χ1v) is 14.9. The van der Waals surface area contributed by atoms with Gasteiger partial charge in [-0.05, 0) is 54.3 Å². The Balaban J connectivity index is 0.00000337. The Labute approximate surface area is 283 Å². The van der Waals surface area contributed by atoms with Crippen LogP contribution in [-0.4, -0.2) is 98.4 Å². The van der Waals surface area contributed by atoms with Gasteiger partial charge >= 0.3 is 0 Å². The normalized spacial score (nSPS) is 13.2. The molecule has 0 aliphatic carbocycles. The number of unbranched alkanes of at least 4 members (excludes halogenated alkanes) is 3. The van der Waals surface area contributed by atoms with Crippen LogP contribution in [0.2, 0.25) is 0 Å². The Hall–Kier alpha value is -2.71. The molecular formula is C34H46Br2N4O4. The lowest BCUT2D eigenvalue weighted by Gasteiger charge is -2.40. The van der Waals surface area contributed by atoms with Crippen LogP contribution >= 0.6 is 0 Å². The van der Waals surface area contributed by atoms with Crippen molar-refractivity contribution in [3.63, 3.8) is 0 Å². The van der Waals surface area contributed by atoms with Gasteiger partial charge < -0.3 is 52.2 Å². The van der Waals surface area contributed by atoms with E-state index in [9.17, 15) is 9.59 Å². The number of amides is 2. The van der Waals surface area contributed by atoms with Gasteiger partial charge in [0.05, 0.1) is 47.8 Å². The molecule has 8 nitrogen and oxygen atoms in total. The first-order valence-electron chi connectivity index (χ1n) is 14.9. The molecule has 0 fully saturated rings. The Kier molecular flexibility index (Phi) is 13.7. The van der Waals surface area contributed by atoms with E-state index < -0.39 is 0 Å². The van der Waals surface area contributed by atoms with E-state index in [4.69, 9.17) is 9.26 Å². The van der Waals surface area contributed by atoms with Crippen LogP contribution in [0.1, 0.15) is 60.2 Å². The Bertz CT molecular complexity index is 1410. The van der Waals surface area contributed by atoms with Crippen LogP contribution in [0.15, 0.2) is 53.3 Å². The fourth-order valence-corrected chi connectivity index (χ4v) is 6.16. The van der Waals surface area contributed by atoms with Gasteiger partial charge in [0.1, 0.15) is 12.8 Å². The summed E-state index contributed by atoms with van der Waals surface area (Å²) in [6, 6.07) is 13.0. The van der Waals surface area contributed by atoms with E-state index in [1.807, 2.05) is 36.4 Å². The van der Waals surface area contributed by atoms with Crippen molar-refractivity contribution >= 4 is 22.6 Å². The zero-order chi connectivity index (χ0) is 30.4. The second-order valence-corrected chi connectivity index (χ2v) is 13.6. The summed E-state index contributed by atoms with van der Waals surface area (Å²) in [5, 5.41) is 5.42. The SMILES string of the molecule is CC(C)(CN1C(=O)c2cccc3cccc(c23)C1=O)C[N+](C)(C)CCCCCC[N+](C)(C)CC#CCOc1ccon1.[Br-].[Br-]. The number of carbonyl (C=O) groups excluding carboxylic acids is 2. The Morgan fingerprint density at radius 1 is 0.841 bits per heavy atom. The average molecular weight is 735 g/mol. The van der Waals surface area contributed by atoms with Gasteiger partial charge in [-0.1, -0.05) is 44.0 Å². The molecule has 4 rings (SSSR count). The number of aromatic nitrogens is 1. The van der Waals surface area contributed by atoms with E-state index in [1.54, 1.807) is 6.07 Å². The number of nitrogens with zero attached hydrogens (tertiary/aromatic N) is 4. The zero-order valence-corrected chi connectivity index (χ0v) is 30.0. The molecule has 3 aromatic rings. The van der Waals surface area contributed by atoms with Crippen LogP contribution in [0.5, 0.6) is 5.88 Å². The van der Waals surface area contributed by atoms with E-state index in [-0.39, 0.29) is 51.2 Å². The first kappa shape index (κ1) is 37.5. The van der Waals surface area contributed by atoms with Crippen molar-refractivity contribution < 1.29 is 61.8 Å². The monoisotopic (exact) mass is 732 g/mol. The molecule has 0 bridgehead atoms. The lowest BCUT2D eigenvalue weighted by Crippen LogP contribution is -3.00. The van der Waals surface area contributed by atoms with Gasteiger partial charge in [-0.15, -0.1) is 0 Å². The van der Waals surface area contributed by atoms with Gasteiger partial charge in [0.25, 0.3) is 17.7 Å². The van der Waals surface area contributed by atoms with Crippen LogP contribution < -0.4 is 38.7 Å². The molecule has 2 heterocycles. The number of quaternary nitrogens is 2. The van der Waals surface area contributed by atoms with Crippen LogP contribution in [-0.2, 0) is 0 Å². The van der Waals surface area contributed by atoms with Crippen molar-refractivity contribution in [2.45, 2.75) is 39.5 Å². The zero-order valence-electron chi connectivity index (χ0n) is 26.9. The molecule has 0 radical (unpaired) electrons. The molecule has 0 spiro atoms. The number of hydrogen-bond donors (Lipinski definition) is 0. The van der Waals surface area contributed by atoms with Gasteiger partial charge in [-0.2, -0.15) is 0 Å². The van der Waals surface area contributed by atoms with E-state index in [0.717, 1.165) is 58.8 Å². The summed E-state index contributed by atoms with van der Waals surface area (Å²) in [4.78, 5) is 28.3. The Morgan fingerprint density at radius 3 is 2.00 bits per heavy atom. The van der Waals surface area contributed by atoms with E-state index in [0.29, 0.717) is 30.2 Å². The first-order chi connectivity index (χ1) is 19.9. The minimum Gasteiger partial charge on any atom is -1.00 e. The number of hydrogen-bond acceptors (Lipinski definition) is 5. The predicted octanol–water partition coefficient (Wildman–Crippen LogP) is -0.746. The summed E-state index contributed by atoms with van der Waals surface area (Å²) in [5.41, 5.74) is 1.02. The third-order valence-corrected chi connectivity index (χ3v) is 7.91. The second kappa shape index (κ2) is 16.0. The molecule has 0 atom stereocenters. The van der Waals surface area contributed by atoms with E-state index in [2.05, 4.69) is 59.0 Å². The minimum absolute atomic E-state index is 0. The van der Waals surface area contributed by atoms with E-state index >= 15 is 0 Å². The summed E-state index contributed by atoms with van der Waals surface area (Å²) >= 11 is 0. The Morgan fingerprint density at radius 2 is 1.43 bits per heavy atom. The van der Waals surface area contributed by atoms with Gasteiger partial charge in [-0.3, -0.25) is 14.5 Å². The molecule has 1 aliphatic rings. The number of benzene rings is 2. The van der Waals surface area contributed by atoms with Crippen LogP contribution in [0.3, 0.4) is 0 Å². The molecule has 2 aromatic carbocycles. The maximum atomic E-state index is 13.4. The summed E-state index contributed by atoms with van der Waals surface area (Å²) in [6.07, 6.45) is 6.16. The smallest absolute Gasteiger partial charge is 0.261 e. The summed E-state index contributed by atoms with van der Waals surface area (Å²) in [6.45, 7) is 8.84. The predicted molar refractivity (Wildman–Crippen MR) is 165 cm³/mol. The maximum absolute atomic E-state index is 13.4. The minimum atomic E-state index is -0.225. The summed E-state index contributed by atoms with van der Waals surface area (Å²) < 4.78 is 11.8. The van der Waals surface area contributed by atoms with Gasteiger partial charge in [0.2, 0.25) is 0 Å². The second-order valence-electron chi connectivity index (χ2n) is 13.6. The molecule has 1 aromatic heterocycles. The molecule has 44 heavy (non-hydrogen) atoms. The lowest BCUT2D eigenvalue weighted by atomic mass is 9.88. The number of imide groups is 1. The van der Waals surface area contributed by atoms with Crippen LogP contribution in [0.25, 0.3) is 10.8 Å². The third-order valence-electron chi connectivity index (χ3n) is 7.91. The van der Waals surface area contributed by atoms with Crippen LogP contribution in [0.4, 0.5) is 0 Å². The molecule has 2 amide bonds. The quantitative estimate of drug-likeness (QED) is 0.0946. The topological polar surface area (TPSA) is 72.6 Å². The molecule has 0 saturated carbocycles. The fraction of sp³-hybridized carbons (Fsp3) is 0.500. The van der Waals surface area contributed by atoms with Gasteiger partial charge in [0.15, 0.2) is 6.61 Å². The molecule has 240 valence electrons. The average Bonchev–Trinajstić information content (AvgIpc) is 3.44. The number of carbonyl (C=O) groups is 2. The molecular weight excluding hydrogens is 688 g/mol. The highest BCUT2D eigenvalue weighted by Gasteiger charge is 2.38. The number of halogens is 2. The van der Waals surface area contributed by atoms with Crippen molar-refractivity contribution in [2.24, 2.45) is 5.41 Å². The lowest BCUT2D eigenvalue weighted by molar-refractivity contribution is -0.896. The molecule has 0 N–H and O–H groups in total. The highest BCUT2D eigenvalue weighted by Crippen LogP contribution is 2.32.